The van der Waals surface area contributed by atoms with Crippen LogP contribution in [0.15, 0.2) is 77.3 Å². The molecule has 0 spiro atoms. The van der Waals surface area contributed by atoms with Crippen LogP contribution in [0.1, 0.15) is 17.3 Å². The van der Waals surface area contributed by atoms with Gasteiger partial charge in [0, 0.05) is 29.9 Å². The number of oxazole rings is 1. The third-order valence-electron chi connectivity index (χ3n) is 5.02. The van der Waals surface area contributed by atoms with Crippen molar-refractivity contribution in [2.75, 3.05) is 24.9 Å². The Hall–Kier alpha value is -4.59. The Balaban J connectivity index is 1.62. The molecule has 2 amide bonds. The summed E-state index contributed by atoms with van der Waals surface area (Å²) in [4.78, 5) is 28.8. The van der Waals surface area contributed by atoms with Crippen LogP contribution in [0.3, 0.4) is 0 Å². The Bertz CT molecular complexity index is 1350. The lowest BCUT2D eigenvalue weighted by Crippen LogP contribution is -2.13. The molecule has 0 unspecified atom stereocenters. The molecule has 0 atom stereocenters. The highest BCUT2D eigenvalue weighted by atomic mass is 16.5. The van der Waals surface area contributed by atoms with Crippen molar-refractivity contribution in [1.29, 1.82) is 0 Å². The zero-order valence-corrected chi connectivity index (χ0v) is 18.9. The van der Waals surface area contributed by atoms with E-state index >= 15 is 0 Å². The minimum Gasteiger partial charge on any atom is -0.497 e. The predicted molar refractivity (Wildman–Crippen MR) is 129 cm³/mol. The molecule has 8 nitrogen and oxygen atoms in total. The van der Waals surface area contributed by atoms with E-state index in [9.17, 15) is 9.59 Å². The van der Waals surface area contributed by atoms with Crippen molar-refractivity contribution in [3.63, 3.8) is 0 Å². The smallest absolute Gasteiger partial charge is 0.256 e. The molecule has 8 heteroatoms. The molecule has 0 aliphatic heterocycles. The second-order valence-electron chi connectivity index (χ2n) is 7.36. The highest BCUT2D eigenvalue weighted by Gasteiger charge is 2.19. The van der Waals surface area contributed by atoms with Gasteiger partial charge in [-0.3, -0.25) is 9.59 Å². The number of hydrogen-bond acceptors (Lipinski definition) is 6. The number of ether oxygens (including phenoxy) is 2. The van der Waals surface area contributed by atoms with Crippen LogP contribution in [0.4, 0.5) is 11.4 Å². The highest BCUT2D eigenvalue weighted by Crippen LogP contribution is 2.36. The molecule has 0 fully saturated rings. The Morgan fingerprint density at radius 2 is 1.62 bits per heavy atom. The van der Waals surface area contributed by atoms with Crippen LogP contribution in [0.2, 0.25) is 0 Å². The molecule has 0 bridgehead atoms. The van der Waals surface area contributed by atoms with Crippen LogP contribution >= 0.6 is 0 Å². The minimum atomic E-state index is -0.336. The van der Waals surface area contributed by atoms with Gasteiger partial charge in [-0.1, -0.05) is 18.2 Å². The van der Waals surface area contributed by atoms with Crippen molar-refractivity contribution in [3.05, 3.63) is 78.5 Å². The fourth-order valence-electron chi connectivity index (χ4n) is 3.47. The maximum absolute atomic E-state index is 13.1. The van der Waals surface area contributed by atoms with E-state index in [2.05, 4.69) is 15.6 Å². The van der Waals surface area contributed by atoms with E-state index in [1.54, 1.807) is 81.1 Å². The van der Waals surface area contributed by atoms with Gasteiger partial charge in [-0.15, -0.1) is 0 Å². The zero-order valence-electron chi connectivity index (χ0n) is 18.9. The van der Waals surface area contributed by atoms with Crippen molar-refractivity contribution in [3.8, 4) is 34.3 Å². The second kappa shape index (κ2) is 9.91. The van der Waals surface area contributed by atoms with Gasteiger partial charge >= 0.3 is 0 Å². The summed E-state index contributed by atoms with van der Waals surface area (Å²) in [5, 5.41) is 5.55. The van der Waals surface area contributed by atoms with Crippen molar-refractivity contribution < 1.29 is 23.5 Å². The van der Waals surface area contributed by atoms with Crippen LogP contribution < -0.4 is 20.1 Å². The van der Waals surface area contributed by atoms with E-state index in [0.29, 0.717) is 51.2 Å². The van der Waals surface area contributed by atoms with Gasteiger partial charge < -0.3 is 24.5 Å². The van der Waals surface area contributed by atoms with Crippen LogP contribution in [0, 0.1) is 0 Å². The summed E-state index contributed by atoms with van der Waals surface area (Å²) in [6.45, 7) is 1.42. The van der Waals surface area contributed by atoms with Crippen LogP contribution in [-0.4, -0.2) is 31.0 Å². The summed E-state index contributed by atoms with van der Waals surface area (Å²) in [5.74, 6) is 1.50. The van der Waals surface area contributed by atoms with Gasteiger partial charge in [0.15, 0.2) is 5.76 Å². The molecule has 1 aromatic heterocycles. The lowest BCUT2D eigenvalue weighted by Gasteiger charge is -2.10. The molecule has 4 rings (SSSR count). The number of hydrogen-bond donors (Lipinski definition) is 2. The number of carbonyl (C=O) groups excluding carboxylic acids is 2. The average Bonchev–Trinajstić information content (AvgIpc) is 3.33. The Morgan fingerprint density at radius 3 is 2.35 bits per heavy atom. The summed E-state index contributed by atoms with van der Waals surface area (Å²) in [6, 6.07) is 19.3. The molecule has 0 saturated carbocycles. The molecule has 0 radical (unpaired) electrons. The fraction of sp³-hybridized carbons (Fsp3) is 0.115. The minimum absolute atomic E-state index is 0.193. The van der Waals surface area contributed by atoms with Gasteiger partial charge in [0.2, 0.25) is 11.8 Å². The van der Waals surface area contributed by atoms with Crippen LogP contribution in [-0.2, 0) is 4.79 Å². The van der Waals surface area contributed by atoms with Crippen molar-refractivity contribution in [1.82, 2.24) is 4.98 Å². The second-order valence-corrected chi connectivity index (χ2v) is 7.36. The lowest BCUT2D eigenvalue weighted by molar-refractivity contribution is -0.114. The van der Waals surface area contributed by atoms with E-state index in [0.717, 1.165) is 0 Å². The highest BCUT2D eigenvalue weighted by molar-refractivity contribution is 6.08. The summed E-state index contributed by atoms with van der Waals surface area (Å²) >= 11 is 0. The van der Waals surface area contributed by atoms with Crippen molar-refractivity contribution in [2.45, 2.75) is 6.92 Å². The Kier molecular flexibility index (Phi) is 6.59. The van der Waals surface area contributed by atoms with E-state index < -0.39 is 0 Å². The summed E-state index contributed by atoms with van der Waals surface area (Å²) < 4.78 is 16.7. The maximum atomic E-state index is 13.1. The molecule has 0 aliphatic rings. The molecule has 34 heavy (non-hydrogen) atoms. The van der Waals surface area contributed by atoms with Gasteiger partial charge in [-0.05, 0) is 42.5 Å². The molecule has 0 aliphatic carbocycles. The van der Waals surface area contributed by atoms with E-state index in [-0.39, 0.29) is 11.8 Å². The Morgan fingerprint density at radius 1 is 0.853 bits per heavy atom. The van der Waals surface area contributed by atoms with E-state index in [1.807, 2.05) is 6.07 Å². The standard InChI is InChI=1S/C26H23N3O5/c1-16(30)28-17-7-6-8-18(13-17)29-25(31)20-9-4-5-10-21(20)26-27-15-24(34-26)22-12-11-19(32-2)14-23(22)33-3/h4-15H,1-3H3,(H,28,30)(H,29,31). The van der Waals surface area contributed by atoms with Gasteiger partial charge in [0.05, 0.1) is 31.5 Å². The first-order chi connectivity index (χ1) is 16.5. The normalized spacial score (nSPS) is 10.4. The quantitative estimate of drug-likeness (QED) is 0.394. The number of aromatic nitrogens is 1. The first-order valence-electron chi connectivity index (χ1n) is 10.4. The molecule has 4 aromatic rings. The third kappa shape index (κ3) is 4.91. The number of benzene rings is 3. The number of carbonyl (C=O) groups is 2. The summed E-state index contributed by atoms with van der Waals surface area (Å²) in [6.07, 6.45) is 1.59. The predicted octanol–water partition coefficient (Wildman–Crippen LogP) is 5.24. The van der Waals surface area contributed by atoms with Gasteiger partial charge in [-0.2, -0.15) is 0 Å². The number of methoxy groups -OCH3 is 2. The van der Waals surface area contributed by atoms with Crippen LogP contribution in [0.25, 0.3) is 22.8 Å². The van der Waals surface area contributed by atoms with Gasteiger partial charge in [-0.25, -0.2) is 4.98 Å². The average molecular weight is 457 g/mol. The lowest BCUT2D eigenvalue weighted by atomic mass is 10.1. The van der Waals surface area contributed by atoms with Gasteiger partial charge in [0.25, 0.3) is 5.91 Å². The molecule has 3 aromatic carbocycles. The zero-order chi connectivity index (χ0) is 24.1. The fourth-order valence-corrected chi connectivity index (χ4v) is 3.47. The number of nitrogens with one attached hydrogen (secondary N) is 2. The topological polar surface area (TPSA) is 103 Å². The molecule has 1 heterocycles. The first-order valence-corrected chi connectivity index (χ1v) is 10.4. The monoisotopic (exact) mass is 457 g/mol. The summed E-state index contributed by atoms with van der Waals surface area (Å²) in [7, 11) is 3.15. The number of nitrogens with zero attached hydrogens (tertiary/aromatic N) is 1. The van der Waals surface area contributed by atoms with Crippen molar-refractivity contribution in [2.24, 2.45) is 0 Å². The molecule has 172 valence electrons. The molecular weight excluding hydrogens is 434 g/mol. The van der Waals surface area contributed by atoms with E-state index in [4.69, 9.17) is 13.9 Å². The Labute approximate surface area is 196 Å². The first kappa shape index (κ1) is 22.6. The SMILES string of the molecule is COc1ccc(-c2cnc(-c3ccccc3C(=O)Nc3cccc(NC(C)=O)c3)o2)c(OC)c1. The van der Waals surface area contributed by atoms with Gasteiger partial charge in [0.1, 0.15) is 11.5 Å². The van der Waals surface area contributed by atoms with E-state index in [1.165, 1.54) is 6.92 Å². The molecular formula is C26H23N3O5. The number of rotatable bonds is 7. The molecule has 2 N–H and O–H groups in total. The maximum Gasteiger partial charge on any atom is 0.256 e. The van der Waals surface area contributed by atoms with Crippen molar-refractivity contribution >= 4 is 23.2 Å². The van der Waals surface area contributed by atoms with Crippen LogP contribution in [0.5, 0.6) is 11.5 Å². The number of anilines is 2. The summed E-state index contributed by atoms with van der Waals surface area (Å²) in [5.41, 5.74) is 2.77. The molecule has 0 saturated heterocycles. The number of amides is 2. The largest absolute Gasteiger partial charge is 0.497 e. The third-order valence-corrected chi connectivity index (χ3v) is 5.02.